The number of hydrogen-bond donors (Lipinski definition) is 4. The van der Waals surface area contributed by atoms with Gasteiger partial charge in [0.25, 0.3) is 10.0 Å². The Labute approximate surface area is 186 Å². The van der Waals surface area contributed by atoms with Gasteiger partial charge in [-0.2, -0.15) is 18.2 Å². The zero-order valence-electron chi connectivity index (χ0n) is 17.0. The van der Waals surface area contributed by atoms with E-state index in [-0.39, 0.29) is 38.8 Å². The van der Waals surface area contributed by atoms with Gasteiger partial charge in [0.15, 0.2) is 5.03 Å². The van der Waals surface area contributed by atoms with Gasteiger partial charge in [-0.3, -0.25) is 0 Å². The fraction of sp³-hybridized carbons (Fsp3) is 0.278. The van der Waals surface area contributed by atoms with Crippen LogP contribution in [-0.4, -0.2) is 34.1 Å². The number of hydrogen-bond acceptors (Lipinski definition) is 7. The van der Waals surface area contributed by atoms with Gasteiger partial charge in [-0.05, 0) is 45.0 Å². The summed E-state index contributed by atoms with van der Waals surface area (Å²) in [5.41, 5.74) is 3.21. The van der Waals surface area contributed by atoms with E-state index in [1.807, 2.05) is 0 Å². The minimum absolute atomic E-state index is 0.00859. The maximum atomic E-state index is 13.8. The zero-order chi connectivity index (χ0) is 23.9. The van der Waals surface area contributed by atoms with Crippen molar-refractivity contribution in [3.63, 3.8) is 0 Å². The number of halogens is 4. The Morgan fingerprint density at radius 1 is 1.16 bits per heavy atom. The van der Waals surface area contributed by atoms with Crippen molar-refractivity contribution in [1.29, 1.82) is 0 Å². The van der Waals surface area contributed by atoms with Crippen LogP contribution in [0.1, 0.15) is 26.3 Å². The van der Waals surface area contributed by atoms with Crippen LogP contribution in [0.4, 0.5) is 30.8 Å². The lowest BCUT2D eigenvalue weighted by Crippen LogP contribution is -2.40. The molecule has 14 heteroatoms. The molecular formula is C18H19ClF3N7O2S. The molecule has 3 aromatic rings. The zero-order valence-corrected chi connectivity index (χ0v) is 18.6. The summed E-state index contributed by atoms with van der Waals surface area (Å²) < 4.78 is 68.7. The first-order chi connectivity index (χ1) is 14.7. The van der Waals surface area contributed by atoms with Gasteiger partial charge >= 0.3 is 6.18 Å². The molecule has 1 aromatic carbocycles. The molecule has 9 nitrogen and oxygen atoms in total. The molecule has 0 amide bonds. The van der Waals surface area contributed by atoms with Crippen LogP contribution in [-0.2, 0) is 16.2 Å². The molecule has 172 valence electrons. The third-order valence-electron chi connectivity index (χ3n) is 3.90. The first kappa shape index (κ1) is 23.8. The second-order valence-electron chi connectivity index (χ2n) is 7.79. The Morgan fingerprint density at radius 3 is 2.34 bits per heavy atom. The highest BCUT2D eigenvalue weighted by atomic mass is 35.5. The molecule has 0 spiro atoms. The summed E-state index contributed by atoms with van der Waals surface area (Å²) in [6.07, 6.45) is -3.75. The highest BCUT2D eigenvalue weighted by molar-refractivity contribution is 7.89. The minimum atomic E-state index is -4.77. The summed E-state index contributed by atoms with van der Waals surface area (Å²) in [6.45, 7) is 4.95. The number of benzene rings is 1. The molecule has 0 fully saturated rings. The van der Waals surface area contributed by atoms with Gasteiger partial charge in [0.05, 0.1) is 10.6 Å². The number of rotatable bonds is 5. The molecule has 3 rings (SSSR count). The number of aromatic amines is 1. The predicted octanol–water partition coefficient (Wildman–Crippen LogP) is 3.94. The fourth-order valence-electron chi connectivity index (χ4n) is 2.80. The van der Waals surface area contributed by atoms with E-state index >= 15 is 0 Å². The minimum Gasteiger partial charge on any atom is -0.368 e. The van der Waals surface area contributed by atoms with E-state index in [9.17, 15) is 21.6 Å². The number of nitrogens with one attached hydrogen (secondary N) is 3. The van der Waals surface area contributed by atoms with Gasteiger partial charge < -0.3 is 11.1 Å². The normalized spacial score (nSPS) is 12.7. The molecule has 0 bridgehead atoms. The fourth-order valence-corrected chi connectivity index (χ4v) is 4.48. The lowest BCUT2D eigenvalue weighted by Gasteiger charge is -2.20. The number of nitrogen functional groups attached to an aromatic ring is 1. The molecule has 5 N–H and O–H groups in total. The number of anilines is 3. The van der Waals surface area contributed by atoms with Gasteiger partial charge in [-0.1, -0.05) is 11.6 Å². The number of aromatic nitrogens is 4. The summed E-state index contributed by atoms with van der Waals surface area (Å²) in [6, 6.07) is 4.41. The molecule has 0 radical (unpaired) electrons. The van der Waals surface area contributed by atoms with Crippen LogP contribution < -0.4 is 15.8 Å². The second-order valence-corrected chi connectivity index (χ2v) is 9.82. The molecule has 0 aliphatic heterocycles. The van der Waals surface area contributed by atoms with Gasteiger partial charge in [0.2, 0.25) is 11.9 Å². The first-order valence-electron chi connectivity index (χ1n) is 9.02. The smallest absolute Gasteiger partial charge is 0.368 e. The Hall–Kier alpha value is -2.90. The number of nitrogens with zero attached hydrogens (tertiary/aromatic N) is 3. The van der Waals surface area contributed by atoms with E-state index in [1.165, 1.54) is 12.1 Å². The monoisotopic (exact) mass is 489 g/mol. The Kier molecular flexibility index (Phi) is 6.10. The predicted molar refractivity (Wildman–Crippen MR) is 114 cm³/mol. The van der Waals surface area contributed by atoms with E-state index in [4.69, 9.17) is 17.3 Å². The molecule has 0 unspecified atom stereocenters. The Balaban J connectivity index is 2.03. The maximum Gasteiger partial charge on any atom is 0.417 e. The van der Waals surface area contributed by atoms with Crippen molar-refractivity contribution in [2.75, 3.05) is 11.1 Å². The van der Waals surface area contributed by atoms with E-state index in [2.05, 4.69) is 30.2 Å². The number of alkyl halides is 3. The van der Waals surface area contributed by atoms with Crippen LogP contribution in [0.15, 0.2) is 35.5 Å². The standard InChI is InChI=1S/C18H19ClF3N7O2S/c1-17(2,3)29-32(30,31)13-5-4-9(8-24-13)14-11(18(20,21)22)6-10(7-12(14)19)25-16-26-15(23)27-28-16/h4-8,29H,1-3H3,(H4,23,25,26,27,28). The lowest BCUT2D eigenvalue weighted by molar-refractivity contribution is -0.137. The Morgan fingerprint density at radius 2 is 1.84 bits per heavy atom. The van der Waals surface area contributed by atoms with Crippen LogP contribution in [0, 0.1) is 0 Å². The Bertz CT molecular complexity index is 1240. The van der Waals surface area contributed by atoms with E-state index < -0.39 is 27.3 Å². The van der Waals surface area contributed by atoms with Gasteiger partial charge in [-0.15, -0.1) is 5.10 Å². The summed E-state index contributed by atoms with van der Waals surface area (Å²) >= 11 is 6.19. The molecule has 0 saturated heterocycles. The van der Waals surface area contributed by atoms with E-state index in [0.29, 0.717) is 0 Å². The van der Waals surface area contributed by atoms with Crippen molar-refractivity contribution in [2.24, 2.45) is 0 Å². The molecule has 0 atom stereocenters. The number of pyridine rings is 1. The average molecular weight is 490 g/mol. The second kappa shape index (κ2) is 8.22. The van der Waals surface area contributed by atoms with Crippen LogP contribution in [0.5, 0.6) is 0 Å². The summed E-state index contributed by atoms with van der Waals surface area (Å²) in [7, 11) is -3.96. The van der Waals surface area contributed by atoms with Crippen molar-refractivity contribution < 1.29 is 21.6 Å². The van der Waals surface area contributed by atoms with Crippen LogP contribution in [0.25, 0.3) is 11.1 Å². The van der Waals surface area contributed by atoms with Crippen molar-refractivity contribution in [3.05, 3.63) is 41.0 Å². The van der Waals surface area contributed by atoms with E-state index in [1.54, 1.807) is 20.8 Å². The van der Waals surface area contributed by atoms with Gasteiger partial charge in [-0.25, -0.2) is 23.2 Å². The van der Waals surface area contributed by atoms with Crippen molar-refractivity contribution >= 4 is 39.2 Å². The third kappa shape index (κ3) is 5.47. The largest absolute Gasteiger partial charge is 0.417 e. The summed E-state index contributed by atoms with van der Waals surface area (Å²) in [4.78, 5) is 7.61. The number of H-pyrrole nitrogens is 1. The van der Waals surface area contributed by atoms with Crippen LogP contribution >= 0.6 is 11.6 Å². The molecular weight excluding hydrogens is 471 g/mol. The highest BCUT2D eigenvalue weighted by Crippen LogP contribution is 2.43. The average Bonchev–Trinajstić information content (AvgIpc) is 3.03. The topological polar surface area (TPSA) is 139 Å². The van der Waals surface area contributed by atoms with Gasteiger partial charge in [0, 0.05) is 28.6 Å². The quantitative estimate of drug-likeness (QED) is 0.425. The van der Waals surface area contributed by atoms with Gasteiger partial charge in [0.1, 0.15) is 0 Å². The third-order valence-corrected chi connectivity index (χ3v) is 5.87. The van der Waals surface area contributed by atoms with Crippen LogP contribution in [0.2, 0.25) is 5.02 Å². The van der Waals surface area contributed by atoms with Crippen molar-refractivity contribution in [1.82, 2.24) is 24.9 Å². The molecule has 0 aliphatic carbocycles. The van der Waals surface area contributed by atoms with Crippen molar-refractivity contribution in [3.8, 4) is 11.1 Å². The summed E-state index contributed by atoms with van der Waals surface area (Å²) in [5.74, 6) is -0.0599. The first-order valence-corrected chi connectivity index (χ1v) is 10.9. The van der Waals surface area contributed by atoms with E-state index in [0.717, 1.165) is 18.3 Å². The van der Waals surface area contributed by atoms with Crippen LogP contribution in [0.3, 0.4) is 0 Å². The number of nitrogens with two attached hydrogens (primary N) is 1. The molecule has 2 heterocycles. The summed E-state index contributed by atoms with van der Waals surface area (Å²) in [5, 5.41) is 8.07. The number of sulfonamides is 1. The molecule has 0 aliphatic rings. The highest BCUT2D eigenvalue weighted by Gasteiger charge is 2.36. The molecule has 32 heavy (non-hydrogen) atoms. The maximum absolute atomic E-state index is 13.8. The SMILES string of the molecule is CC(C)(C)NS(=O)(=O)c1ccc(-c2c(Cl)cc(Nc3n[nH]c(N)n3)cc2C(F)(F)F)cn1. The lowest BCUT2D eigenvalue weighted by atomic mass is 9.99. The molecule has 2 aromatic heterocycles. The molecule has 0 saturated carbocycles. The van der Waals surface area contributed by atoms with Crippen molar-refractivity contribution in [2.45, 2.75) is 37.5 Å².